The molecular weight excluding hydrogens is 248 g/mol. The number of hydrogen-bond donors (Lipinski definition) is 2. The molecule has 104 valence electrons. The molecule has 0 unspecified atom stereocenters. The van der Waals surface area contributed by atoms with Crippen molar-refractivity contribution in [2.75, 3.05) is 5.32 Å². The minimum atomic E-state index is -0.00759. The zero-order valence-corrected chi connectivity index (χ0v) is 11.7. The van der Waals surface area contributed by atoms with Gasteiger partial charge in [0.25, 0.3) is 0 Å². The van der Waals surface area contributed by atoms with Gasteiger partial charge in [-0.05, 0) is 29.2 Å². The van der Waals surface area contributed by atoms with Gasteiger partial charge in [-0.15, -0.1) is 0 Å². The number of benzene rings is 2. The van der Waals surface area contributed by atoms with E-state index in [1.54, 1.807) is 0 Å². The largest absolute Gasteiger partial charge is 0.326 e. The summed E-state index contributed by atoms with van der Waals surface area (Å²) >= 11 is 0. The zero-order valence-electron chi connectivity index (χ0n) is 11.7. The van der Waals surface area contributed by atoms with Crippen molar-refractivity contribution >= 4 is 11.6 Å². The minimum Gasteiger partial charge on any atom is -0.326 e. The van der Waals surface area contributed by atoms with Crippen LogP contribution in [0.4, 0.5) is 5.69 Å². The van der Waals surface area contributed by atoms with E-state index in [0.717, 1.165) is 28.8 Å². The van der Waals surface area contributed by atoms with E-state index in [2.05, 4.69) is 12.2 Å². The highest BCUT2D eigenvalue weighted by Crippen LogP contribution is 2.16. The highest BCUT2D eigenvalue weighted by molar-refractivity contribution is 5.93. The Morgan fingerprint density at radius 2 is 1.60 bits per heavy atom. The lowest BCUT2D eigenvalue weighted by Crippen LogP contribution is -2.17. The molecule has 0 saturated carbocycles. The van der Waals surface area contributed by atoms with E-state index >= 15 is 0 Å². The van der Waals surface area contributed by atoms with Crippen molar-refractivity contribution in [3.63, 3.8) is 0 Å². The molecule has 0 atom stereocenters. The van der Waals surface area contributed by atoms with Gasteiger partial charge in [0.1, 0.15) is 0 Å². The molecule has 20 heavy (non-hydrogen) atoms. The Morgan fingerprint density at radius 3 is 2.25 bits per heavy atom. The van der Waals surface area contributed by atoms with Gasteiger partial charge in [0.2, 0.25) is 5.91 Å². The molecule has 0 aliphatic heterocycles. The van der Waals surface area contributed by atoms with Crippen molar-refractivity contribution < 1.29 is 4.79 Å². The van der Waals surface area contributed by atoms with E-state index in [9.17, 15) is 4.79 Å². The van der Waals surface area contributed by atoms with E-state index in [0.29, 0.717) is 13.0 Å². The fourth-order valence-corrected chi connectivity index (χ4v) is 2.25. The number of amides is 1. The van der Waals surface area contributed by atoms with Crippen LogP contribution in [0, 0.1) is 0 Å². The van der Waals surface area contributed by atoms with E-state index in [1.165, 1.54) is 0 Å². The maximum atomic E-state index is 12.2. The van der Waals surface area contributed by atoms with Gasteiger partial charge in [-0.1, -0.05) is 49.4 Å². The maximum Gasteiger partial charge on any atom is 0.228 e. The van der Waals surface area contributed by atoms with E-state index in [4.69, 9.17) is 5.73 Å². The van der Waals surface area contributed by atoms with Crippen molar-refractivity contribution in [2.45, 2.75) is 26.3 Å². The topological polar surface area (TPSA) is 55.1 Å². The third-order valence-corrected chi connectivity index (χ3v) is 3.36. The fourth-order valence-electron chi connectivity index (χ4n) is 2.25. The molecule has 0 fully saturated rings. The Kier molecular flexibility index (Phi) is 4.91. The molecule has 2 aromatic carbocycles. The number of para-hydroxylation sites is 1. The van der Waals surface area contributed by atoms with Crippen LogP contribution in [0.1, 0.15) is 23.6 Å². The third-order valence-electron chi connectivity index (χ3n) is 3.36. The van der Waals surface area contributed by atoms with Crippen LogP contribution in [0.25, 0.3) is 0 Å². The summed E-state index contributed by atoms with van der Waals surface area (Å²) in [5.41, 5.74) is 9.74. The number of aryl methyl sites for hydroxylation is 1. The molecule has 3 nitrogen and oxygen atoms in total. The molecule has 0 aliphatic rings. The van der Waals surface area contributed by atoms with Gasteiger partial charge in [0.05, 0.1) is 6.42 Å². The van der Waals surface area contributed by atoms with Crippen molar-refractivity contribution in [2.24, 2.45) is 5.73 Å². The van der Waals surface area contributed by atoms with Crippen molar-refractivity contribution in [3.8, 4) is 0 Å². The van der Waals surface area contributed by atoms with E-state index < -0.39 is 0 Å². The molecule has 0 heterocycles. The number of nitrogens with one attached hydrogen (secondary N) is 1. The molecule has 0 radical (unpaired) electrons. The number of carbonyl (C=O) groups is 1. The van der Waals surface area contributed by atoms with Crippen LogP contribution in [-0.2, 0) is 24.2 Å². The monoisotopic (exact) mass is 268 g/mol. The minimum absolute atomic E-state index is 0.00759. The second-order valence-corrected chi connectivity index (χ2v) is 4.71. The Bertz CT molecular complexity index is 542. The average Bonchev–Trinajstić information content (AvgIpc) is 2.48. The highest BCUT2D eigenvalue weighted by Gasteiger charge is 2.08. The first-order valence-electron chi connectivity index (χ1n) is 6.89. The predicted octanol–water partition coefficient (Wildman–Crippen LogP) is 2.89. The first kappa shape index (κ1) is 14.3. The van der Waals surface area contributed by atoms with Gasteiger partial charge >= 0.3 is 0 Å². The summed E-state index contributed by atoms with van der Waals surface area (Å²) in [6.45, 7) is 2.53. The van der Waals surface area contributed by atoms with Crippen LogP contribution in [0.15, 0.2) is 48.5 Å². The number of anilines is 1. The molecule has 0 aliphatic carbocycles. The van der Waals surface area contributed by atoms with Crippen LogP contribution < -0.4 is 11.1 Å². The number of nitrogens with two attached hydrogens (primary N) is 1. The number of hydrogen-bond acceptors (Lipinski definition) is 2. The molecule has 0 bridgehead atoms. The summed E-state index contributed by atoms with van der Waals surface area (Å²) in [6.07, 6.45) is 1.25. The fraction of sp³-hybridized carbons (Fsp3) is 0.235. The molecule has 2 rings (SSSR count). The third kappa shape index (κ3) is 3.45. The molecule has 3 N–H and O–H groups in total. The van der Waals surface area contributed by atoms with Gasteiger partial charge in [0, 0.05) is 12.2 Å². The summed E-state index contributed by atoms with van der Waals surface area (Å²) in [4.78, 5) is 12.2. The maximum absolute atomic E-state index is 12.2. The Balaban J connectivity index is 2.09. The standard InChI is InChI=1S/C17H20N2O/c1-2-13-7-5-6-10-16(13)19-17(20)11-14-8-3-4-9-15(14)12-18/h3-10H,2,11-12,18H2,1H3,(H,19,20). The van der Waals surface area contributed by atoms with Gasteiger partial charge in [-0.2, -0.15) is 0 Å². The number of rotatable bonds is 5. The number of carbonyl (C=O) groups excluding carboxylic acids is 1. The Labute approximate surface area is 119 Å². The second-order valence-electron chi connectivity index (χ2n) is 4.71. The SMILES string of the molecule is CCc1ccccc1NC(=O)Cc1ccccc1CN. The quantitative estimate of drug-likeness (QED) is 0.876. The van der Waals surface area contributed by atoms with Crippen molar-refractivity contribution in [3.05, 3.63) is 65.2 Å². The van der Waals surface area contributed by atoms with Crippen molar-refractivity contribution in [1.29, 1.82) is 0 Å². The smallest absolute Gasteiger partial charge is 0.228 e. The van der Waals surface area contributed by atoms with Gasteiger partial charge in [-0.3, -0.25) is 4.79 Å². The first-order valence-corrected chi connectivity index (χ1v) is 6.89. The average molecular weight is 268 g/mol. The Hall–Kier alpha value is -2.13. The lowest BCUT2D eigenvalue weighted by Gasteiger charge is -2.11. The predicted molar refractivity (Wildman–Crippen MR) is 82.5 cm³/mol. The lowest BCUT2D eigenvalue weighted by molar-refractivity contribution is -0.115. The first-order chi connectivity index (χ1) is 9.74. The summed E-state index contributed by atoms with van der Waals surface area (Å²) in [6, 6.07) is 15.7. The summed E-state index contributed by atoms with van der Waals surface area (Å²) in [5, 5.41) is 2.98. The van der Waals surface area contributed by atoms with E-state index in [-0.39, 0.29) is 5.91 Å². The molecule has 0 saturated heterocycles. The molecule has 1 amide bonds. The Morgan fingerprint density at radius 1 is 1.00 bits per heavy atom. The molecule has 2 aromatic rings. The summed E-state index contributed by atoms with van der Waals surface area (Å²) in [7, 11) is 0. The molecular formula is C17H20N2O. The van der Waals surface area contributed by atoms with Crippen LogP contribution in [0.2, 0.25) is 0 Å². The normalized spacial score (nSPS) is 10.3. The molecule has 0 spiro atoms. The summed E-state index contributed by atoms with van der Waals surface area (Å²) in [5.74, 6) is -0.00759. The van der Waals surface area contributed by atoms with Crippen LogP contribution in [0.3, 0.4) is 0 Å². The van der Waals surface area contributed by atoms with Crippen LogP contribution in [0.5, 0.6) is 0 Å². The van der Waals surface area contributed by atoms with E-state index in [1.807, 2.05) is 48.5 Å². The summed E-state index contributed by atoms with van der Waals surface area (Å²) < 4.78 is 0. The second kappa shape index (κ2) is 6.87. The molecule has 0 aromatic heterocycles. The van der Waals surface area contributed by atoms with Gasteiger partial charge in [-0.25, -0.2) is 0 Å². The van der Waals surface area contributed by atoms with Crippen LogP contribution >= 0.6 is 0 Å². The zero-order chi connectivity index (χ0) is 14.4. The van der Waals surface area contributed by atoms with Crippen molar-refractivity contribution in [1.82, 2.24) is 0 Å². The van der Waals surface area contributed by atoms with Crippen LogP contribution in [-0.4, -0.2) is 5.91 Å². The van der Waals surface area contributed by atoms with Gasteiger partial charge in [0.15, 0.2) is 0 Å². The van der Waals surface area contributed by atoms with Gasteiger partial charge < -0.3 is 11.1 Å². The highest BCUT2D eigenvalue weighted by atomic mass is 16.1. The lowest BCUT2D eigenvalue weighted by atomic mass is 10.0. The molecule has 3 heteroatoms.